The highest BCUT2D eigenvalue weighted by Crippen LogP contribution is 2.72. The molecule has 14 atom stereocenters. The van der Waals surface area contributed by atoms with Gasteiger partial charge in [0.15, 0.2) is 12.1 Å². The first kappa shape index (κ1) is 33.2. The molecule has 0 aromatic rings. The summed E-state index contributed by atoms with van der Waals surface area (Å²) < 4.78 is 29.4. The Hall–Kier alpha value is -2.68. The number of hydrogen-bond acceptors (Lipinski definition) is 13. The summed E-state index contributed by atoms with van der Waals surface area (Å²) in [7, 11) is 0. The van der Waals surface area contributed by atoms with Gasteiger partial charge >= 0.3 is 17.9 Å². The molecule has 0 aromatic heterocycles. The highest BCUT2D eigenvalue weighted by atomic mass is 16.7. The van der Waals surface area contributed by atoms with Crippen molar-refractivity contribution in [3.05, 3.63) is 23.8 Å². The maximum absolute atomic E-state index is 13.9. The van der Waals surface area contributed by atoms with Gasteiger partial charge in [-0.15, -0.1) is 0 Å². The van der Waals surface area contributed by atoms with Crippen molar-refractivity contribution in [1.82, 2.24) is 0 Å². The Morgan fingerprint density at radius 2 is 1.78 bits per heavy atom. The van der Waals surface area contributed by atoms with Gasteiger partial charge in [0.2, 0.25) is 0 Å². The van der Waals surface area contributed by atoms with Crippen LogP contribution in [0.25, 0.3) is 0 Å². The van der Waals surface area contributed by atoms with Crippen LogP contribution < -0.4 is 0 Å². The zero-order valence-corrected chi connectivity index (χ0v) is 26.7. The molecule has 46 heavy (non-hydrogen) atoms. The molecule has 3 aliphatic heterocycles. The van der Waals surface area contributed by atoms with Crippen molar-refractivity contribution in [2.75, 3.05) is 19.8 Å². The fraction of sp³-hybridized carbons (Fsp3) is 0.758. The maximum atomic E-state index is 13.9. The lowest BCUT2D eigenvalue weighted by Crippen LogP contribution is -2.71. The molecule has 2 saturated carbocycles. The molecule has 0 spiro atoms. The summed E-state index contributed by atoms with van der Waals surface area (Å²) in [6.45, 7) is 7.97. The topological polar surface area (TPSA) is 195 Å². The van der Waals surface area contributed by atoms with Crippen LogP contribution in [-0.4, -0.2) is 107 Å². The van der Waals surface area contributed by atoms with Crippen LogP contribution in [0.2, 0.25) is 0 Å². The van der Waals surface area contributed by atoms with Crippen LogP contribution in [0.4, 0.5) is 0 Å². The highest BCUT2D eigenvalue weighted by Gasteiger charge is 2.74. The fourth-order valence-corrected chi connectivity index (χ4v) is 10.0. The van der Waals surface area contributed by atoms with Crippen LogP contribution in [0.5, 0.6) is 0 Å². The smallest absolute Gasteiger partial charge is 0.331 e. The van der Waals surface area contributed by atoms with Gasteiger partial charge in [0.25, 0.3) is 0 Å². The predicted molar refractivity (Wildman–Crippen MR) is 155 cm³/mol. The first-order chi connectivity index (χ1) is 21.5. The summed E-state index contributed by atoms with van der Waals surface area (Å²) in [6.07, 6.45) is -3.89. The minimum absolute atomic E-state index is 0.00858. The quantitative estimate of drug-likeness (QED) is 0.228. The number of fused-ring (bicyclic) bond motifs is 2. The Morgan fingerprint density at radius 3 is 2.41 bits per heavy atom. The molecule has 2 saturated heterocycles. The Morgan fingerprint density at radius 1 is 1.07 bits per heavy atom. The maximum Gasteiger partial charge on any atom is 0.331 e. The van der Waals surface area contributed by atoms with Gasteiger partial charge in [0.05, 0.1) is 19.6 Å². The van der Waals surface area contributed by atoms with Crippen LogP contribution in [-0.2, 0) is 42.9 Å². The SMILES string of the molecule is CC(=O)O[C@@H]1C[C@@](C)(C2(CO[C@@H]3O[C@H](CO)[C@@H](O)[C@H](O)[C@H]3O)COC(=O)C2)C2=CC(=O)O[C@H]3C[C@H]4[C@H](C)C=CC(=O)[C@]4(C)[C@@H]1[C@]23C. The van der Waals surface area contributed by atoms with Gasteiger partial charge in [-0.2, -0.15) is 0 Å². The van der Waals surface area contributed by atoms with Crippen LogP contribution >= 0.6 is 0 Å². The van der Waals surface area contributed by atoms with E-state index in [0.717, 1.165) is 0 Å². The summed E-state index contributed by atoms with van der Waals surface area (Å²) in [5.41, 5.74) is -3.66. The number of ketones is 1. The minimum atomic E-state index is -1.68. The Bertz CT molecular complexity index is 1370. The Labute approximate surface area is 266 Å². The van der Waals surface area contributed by atoms with Crippen molar-refractivity contribution < 1.29 is 63.3 Å². The van der Waals surface area contributed by atoms with Crippen molar-refractivity contribution >= 4 is 23.7 Å². The lowest BCUT2D eigenvalue weighted by Gasteiger charge is -2.69. The molecule has 3 heterocycles. The van der Waals surface area contributed by atoms with Crippen LogP contribution in [0.15, 0.2) is 23.8 Å². The largest absolute Gasteiger partial charge is 0.465 e. The van der Waals surface area contributed by atoms with Gasteiger partial charge in [0.1, 0.15) is 43.2 Å². The van der Waals surface area contributed by atoms with Gasteiger partial charge in [-0.05, 0) is 36.3 Å². The van der Waals surface area contributed by atoms with E-state index in [9.17, 15) is 39.6 Å². The van der Waals surface area contributed by atoms with E-state index in [1.807, 2.05) is 33.8 Å². The van der Waals surface area contributed by atoms with Crippen molar-refractivity contribution in [3.63, 3.8) is 0 Å². The average molecular weight is 649 g/mol. The lowest BCUT2D eigenvalue weighted by molar-refractivity contribution is -0.310. The van der Waals surface area contributed by atoms with Gasteiger partial charge in [-0.3, -0.25) is 14.4 Å². The molecule has 6 aliphatic rings. The van der Waals surface area contributed by atoms with E-state index in [1.165, 1.54) is 13.0 Å². The third-order valence-corrected chi connectivity index (χ3v) is 12.4. The van der Waals surface area contributed by atoms with Crippen LogP contribution in [0.1, 0.15) is 53.9 Å². The first-order valence-electron chi connectivity index (χ1n) is 15.9. The van der Waals surface area contributed by atoms with Crippen LogP contribution in [0, 0.1) is 39.4 Å². The summed E-state index contributed by atoms with van der Waals surface area (Å²) in [5, 5.41) is 41.0. The molecule has 1 unspecified atom stereocenters. The number of hydrogen-bond donors (Lipinski definition) is 4. The molecule has 4 fully saturated rings. The number of esters is 3. The number of carbonyl (C=O) groups is 4. The number of carbonyl (C=O) groups excluding carboxylic acids is 4. The molecule has 13 nitrogen and oxygen atoms in total. The molecule has 13 heteroatoms. The van der Waals surface area contributed by atoms with Gasteiger partial charge < -0.3 is 44.1 Å². The number of allylic oxidation sites excluding steroid dienone is 2. The number of aliphatic hydroxyl groups excluding tert-OH is 4. The van der Waals surface area contributed by atoms with Gasteiger partial charge in [-0.25, -0.2) is 4.79 Å². The molecule has 3 aliphatic carbocycles. The van der Waals surface area contributed by atoms with Crippen LogP contribution in [0.3, 0.4) is 0 Å². The standard InChI is InChI=1S/C33H44O13/c1-15-6-7-21(36)31(4)17(15)8-22-32(5)20(9-23(37)46-22)30(3,10-18(28(31)32)44-16(2)35)33(11-24(38)42-13-33)14-43-29-27(41)26(40)25(39)19(12-34)45-29/h6-7,9,15,17-19,22,25-29,34,39-41H,8,10-14H2,1-5H3/t15-,17+,18-,19-,22+,25-,26+,27-,28-,29-,30-,31-,32-,33?/m1/s1. The number of rotatable bonds is 6. The summed E-state index contributed by atoms with van der Waals surface area (Å²) in [5.74, 6) is -2.50. The van der Waals surface area contributed by atoms with E-state index < -0.39 is 95.0 Å². The van der Waals surface area contributed by atoms with Crippen molar-refractivity contribution in [2.45, 2.75) is 96.8 Å². The second-order valence-electron chi connectivity index (χ2n) is 14.8. The second-order valence-corrected chi connectivity index (χ2v) is 14.8. The average Bonchev–Trinajstić information content (AvgIpc) is 3.38. The molecular weight excluding hydrogens is 604 g/mol. The molecule has 6 rings (SSSR count). The van der Waals surface area contributed by atoms with E-state index >= 15 is 0 Å². The number of aliphatic hydroxyl groups is 4. The molecule has 0 amide bonds. The summed E-state index contributed by atoms with van der Waals surface area (Å²) in [4.78, 5) is 52.9. The first-order valence-corrected chi connectivity index (χ1v) is 15.9. The second kappa shape index (κ2) is 11.2. The zero-order valence-electron chi connectivity index (χ0n) is 26.7. The van der Waals surface area contributed by atoms with E-state index in [1.54, 1.807) is 6.08 Å². The van der Waals surface area contributed by atoms with Gasteiger partial charge in [-0.1, -0.05) is 33.8 Å². The summed E-state index contributed by atoms with van der Waals surface area (Å²) >= 11 is 0. The lowest BCUT2D eigenvalue weighted by atomic mass is 9.36. The Balaban J connectivity index is 1.47. The number of cyclic esters (lactones) is 1. The molecule has 0 radical (unpaired) electrons. The van der Waals surface area contributed by atoms with E-state index in [0.29, 0.717) is 12.0 Å². The zero-order chi connectivity index (χ0) is 33.6. The molecule has 0 bridgehead atoms. The van der Waals surface area contributed by atoms with Gasteiger partial charge in [0, 0.05) is 40.6 Å². The van der Waals surface area contributed by atoms with Crippen molar-refractivity contribution in [1.29, 1.82) is 0 Å². The van der Waals surface area contributed by atoms with Crippen molar-refractivity contribution in [2.24, 2.45) is 39.4 Å². The highest BCUT2D eigenvalue weighted by molar-refractivity contribution is 5.97. The third-order valence-electron chi connectivity index (χ3n) is 12.4. The monoisotopic (exact) mass is 648 g/mol. The molecular formula is C33H44O13. The van der Waals surface area contributed by atoms with Crippen molar-refractivity contribution in [3.8, 4) is 0 Å². The predicted octanol–water partition coefficient (Wildman–Crippen LogP) is 0.353. The van der Waals surface area contributed by atoms with E-state index in [2.05, 4.69) is 0 Å². The van der Waals surface area contributed by atoms with E-state index in [-0.39, 0.29) is 43.7 Å². The van der Waals surface area contributed by atoms with E-state index in [4.69, 9.17) is 23.7 Å². The fourth-order valence-electron chi connectivity index (χ4n) is 10.0. The normalized spacial score (nSPS) is 49.8. The Kier molecular flexibility index (Phi) is 8.09. The molecule has 4 N–H and O–H groups in total. The third kappa shape index (κ3) is 4.56. The molecule has 254 valence electrons. The number of ether oxygens (including phenoxy) is 5. The molecule has 0 aromatic carbocycles. The summed E-state index contributed by atoms with van der Waals surface area (Å²) in [6, 6.07) is 0. The minimum Gasteiger partial charge on any atom is -0.465 e.